The van der Waals surface area contributed by atoms with Crippen molar-refractivity contribution in [3.8, 4) is 0 Å². The van der Waals surface area contributed by atoms with E-state index in [1.807, 2.05) is 35.2 Å². The van der Waals surface area contributed by atoms with Gasteiger partial charge in [-0.3, -0.25) is 15.0 Å². The molecule has 3 rings (SSSR count). The van der Waals surface area contributed by atoms with E-state index in [1.54, 1.807) is 11.8 Å². The van der Waals surface area contributed by atoms with Crippen LogP contribution in [0.1, 0.15) is 12.5 Å². The van der Waals surface area contributed by atoms with E-state index in [-0.39, 0.29) is 11.8 Å². The fraction of sp³-hybridized carbons (Fsp3) is 0.318. The topological polar surface area (TPSA) is 93.8 Å². The predicted molar refractivity (Wildman–Crippen MR) is 115 cm³/mol. The molecule has 8 nitrogen and oxygen atoms in total. The summed E-state index contributed by atoms with van der Waals surface area (Å²) in [6, 6.07) is 13.6. The number of carbonyl (C=O) groups excluding carboxylic acids is 3. The van der Waals surface area contributed by atoms with Gasteiger partial charge in [-0.05, 0) is 36.8 Å². The van der Waals surface area contributed by atoms with E-state index in [1.165, 1.54) is 24.3 Å². The number of amides is 5. The molecule has 3 N–H and O–H groups in total. The highest BCUT2D eigenvalue weighted by Gasteiger charge is 2.28. The van der Waals surface area contributed by atoms with Crippen LogP contribution in [0, 0.1) is 5.82 Å². The summed E-state index contributed by atoms with van der Waals surface area (Å²) in [5, 5.41) is 7.76. The lowest BCUT2D eigenvalue weighted by Crippen LogP contribution is -2.56. The minimum Gasteiger partial charge on any atom is -0.334 e. The maximum atomic E-state index is 13.0. The molecule has 1 heterocycles. The van der Waals surface area contributed by atoms with Gasteiger partial charge < -0.3 is 15.5 Å². The van der Waals surface area contributed by atoms with Crippen molar-refractivity contribution in [2.75, 3.05) is 31.5 Å². The SMILES string of the molecule is C[C@@H](C(=O)NC(=O)NCc1ccccc1)N1CCN(C(=O)Nc2ccc(F)cc2)CC1. The van der Waals surface area contributed by atoms with Crippen LogP contribution >= 0.6 is 0 Å². The summed E-state index contributed by atoms with van der Waals surface area (Å²) in [6.45, 7) is 3.92. The third kappa shape index (κ3) is 6.51. The summed E-state index contributed by atoms with van der Waals surface area (Å²) in [4.78, 5) is 40.3. The quantitative estimate of drug-likeness (QED) is 0.683. The average molecular weight is 427 g/mol. The van der Waals surface area contributed by atoms with Crippen molar-refractivity contribution >= 4 is 23.7 Å². The molecular weight excluding hydrogens is 401 g/mol. The normalized spacial score (nSPS) is 15.1. The van der Waals surface area contributed by atoms with Gasteiger partial charge in [0.2, 0.25) is 5.91 Å². The Morgan fingerprint density at radius 2 is 1.61 bits per heavy atom. The Labute approximate surface area is 180 Å². The molecule has 2 aromatic carbocycles. The number of nitrogens with zero attached hydrogens (tertiary/aromatic N) is 2. The summed E-state index contributed by atoms with van der Waals surface area (Å²) >= 11 is 0. The van der Waals surface area contributed by atoms with E-state index in [2.05, 4.69) is 16.0 Å². The first-order valence-electron chi connectivity index (χ1n) is 10.1. The van der Waals surface area contributed by atoms with Gasteiger partial charge in [-0.1, -0.05) is 30.3 Å². The molecule has 0 radical (unpaired) electrons. The zero-order chi connectivity index (χ0) is 22.2. The third-order valence-electron chi connectivity index (χ3n) is 5.16. The molecule has 0 aliphatic carbocycles. The van der Waals surface area contributed by atoms with Crippen LogP contribution in [-0.4, -0.2) is 60.0 Å². The molecule has 1 saturated heterocycles. The van der Waals surface area contributed by atoms with E-state index in [0.29, 0.717) is 38.4 Å². The summed E-state index contributed by atoms with van der Waals surface area (Å²) in [5.74, 6) is -0.762. The van der Waals surface area contributed by atoms with Gasteiger partial charge in [0.15, 0.2) is 0 Å². The van der Waals surface area contributed by atoms with Gasteiger partial charge in [-0.2, -0.15) is 0 Å². The Bertz CT molecular complexity index is 899. The third-order valence-corrected chi connectivity index (χ3v) is 5.16. The molecule has 1 aliphatic heterocycles. The highest BCUT2D eigenvalue weighted by molar-refractivity contribution is 5.96. The number of benzene rings is 2. The minimum absolute atomic E-state index is 0.274. The first-order chi connectivity index (χ1) is 14.9. The van der Waals surface area contributed by atoms with E-state index >= 15 is 0 Å². The van der Waals surface area contributed by atoms with Gasteiger partial charge in [0.05, 0.1) is 6.04 Å². The van der Waals surface area contributed by atoms with Crippen LogP contribution in [0.15, 0.2) is 54.6 Å². The number of hydrogen-bond donors (Lipinski definition) is 3. The number of anilines is 1. The average Bonchev–Trinajstić information content (AvgIpc) is 2.79. The maximum Gasteiger partial charge on any atom is 0.321 e. The summed E-state index contributed by atoms with van der Waals surface area (Å²) in [6.07, 6.45) is 0. The Hall–Kier alpha value is -3.46. The molecule has 1 fully saturated rings. The van der Waals surface area contributed by atoms with Crippen LogP contribution in [0.3, 0.4) is 0 Å². The van der Waals surface area contributed by atoms with E-state index in [0.717, 1.165) is 5.56 Å². The molecule has 2 aromatic rings. The Balaban J connectivity index is 1.40. The van der Waals surface area contributed by atoms with E-state index in [4.69, 9.17) is 0 Å². The Morgan fingerprint density at radius 3 is 2.26 bits per heavy atom. The predicted octanol–water partition coefficient (Wildman–Crippen LogP) is 2.39. The fourth-order valence-corrected chi connectivity index (χ4v) is 3.25. The molecule has 0 bridgehead atoms. The van der Waals surface area contributed by atoms with E-state index in [9.17, 15) is 18.8 Å². The molecule has 164 valence electrons. The van der Waals surface area contributed by atoms with Crippen molar-refractivity contribution in [2.24, 2.45) is 0 Å². The van der Waals surface area contributed by atoms with Crippen LogP contribution in [0.4, 0.5) is 19.7 Å². The second-order valence-corrected chi connectivity index (χ2v) is 7.29. The summed E-state index contributed by atoms with van der Waals surface area (Å²) < 4.78 is 13.0. The van der Waals surface area contributed by atoms with E-state index < -0.39 is 18.0 Å². The lowest BCUT2D eigenvalue weighted by atomic mass is 10.2. The van der Waals surface area contributed by atoms with Gasteiger partial charge in [-0.15, -0.1) is 0 Å². The second-order valence-electron chi connectivity index (χ2n) is 7.29. The van der Waals surface area contributed by atoms with Crippen molar-refractivity contribution < 1.29 is 18.8 Å². The van der Waals surface area contributed by atoms with Crippen LogP contribution < -0.4 is 16.0 Å². The number of piperazine rings is 1. The lowest BCUT2D eigenvalue weighted by molar-refractivity contribution is -0.125. The second kappa shape index (κ2) is 10.5. The van der Waals surface area contributed by atoms with Crippen molar-refractivity contribution in [1.82, 2.24) is 20.4 Å². The van der Waals surface area contributed by atoms with Gasteiger partial charge in [0.25, 0.3) is 0 Å². The number of carbonyl (C=O) groups is 3. The van der Waals surface area contributed by atoms with Gasteiger partial charge in [0.1, 0.15) is 5.82 Å². The number of rotatable bonds is 5. The molecule has 0 spiro atoms. The summed E-state index contributed by atoms with van der Waals surface area (Å²) in [7, 11) is 0. The molecule has 0 saturated carbocycles. The number of nitrogens with one attached hydrogen (secondary N) is 3. The molecule has 5 amide bonds. The highest BCUT2D eigenvalue weighted by Crippen LogP contribution is 2.12. The van der Waals surface area contributed by atoms with Crippen molar-refractivity contribution in [3.63, 3.8) is 0 Å². The smallest absolute Gasteiger partial charge is 0.321 e. The zero-order valence-electron chi connectivity index (χ0n) is 17.3. The molecule has 9 heteroatoms. The first kappa shape index (κ1) is 22.2. The number of urea groups is 2. The highest BCUT2D eigenvalue weighted by atomic mass is 19.1. The zero-order valence-corrected chi connectivity index (χ0v) is 17.3. The van der Waals surface area contributed by atoms with Gasteiger partial charge in [-0.25, -0.2) is 14.0 Å². The minimum atomic E-state index is -0.544. The van der Waals surface area contributed by atoms with Crippen LogP contribution in [0.2, 0.25) is 0 Å². The molecule has 1 atom stereocenters. The van der Waals surface area contributed by atoms with Crippen molar-refractivity contribution in [2.45, 2.75) is 19.5 Å². The standard InChI is InChI=1S/C22H26FN5O3/c1-16(20(29)26-21(30)24-15-17-5-3-2-4-6-17)27-11-13-28(14-12-27)22(31)25-19-9-7-18(23)8-10-19/h2-10,16H,11-15H2,1H3,(H,25,31)(H2,24,26,29,30)/t16-/m0/s1. The summed E-state index contributed by atoms with van der Waals surface area (Å²) in [5.41, 5.74) is 1.45. The van der Waals surface area contributed by atoms with Gasteiger partial charge in [0, 0.05) is 38.4 Å². The van der Waals surface area contributed by atoms with Crippen LogP contribution in [0.5, 0.6) is 0 Å². The monoisotopic (exact) mass is 427 g/mol. The fourth-order valence-electron chi connectivity index (χ4n) is 3.25. The number of hydrogen-bond acceptors (Lipinski definition) is 4. The molecule has 0 unspecified atom stereocenters. The molecule has 31 heavy (non-hydrogen) atoms. The molecule has 1 aliphatic rings. The molecular formula is C22H26FN5O3. The van der Waals surface area contributed by atoms with Crippen molar-refractivity contribution in [1.29, 1.82) is 0 Å². The maximum absolute atomic E-state index is 13.0. The first-order valence-corrected chi connectivity index (χ1v) is 10.1. The Morgan fingerprint density at radius 1 is 0.968 bits per heavy atom. The number of imide groups is 1. The Kier molecular flexibility index (Phi) is 7.55. The molecule has 0 aromatic heterocycles. The van der Waals surface area contributed by atoms with Crippen LogP contribution in [0.25, 0.3) is 0 Å². The lowest BCUT2D eigenvalue weighted by Gasteiger charge is -2.37. The van der Waals surface area contributed by atoms with Crippen LogP contribution in [-0.2, 0) is 11.3 Å². The largest absolute Gasteiger partial charge is 0.334 e. The van der Waals surface area contributed by atoms with Crippen molar-refractivity contribution in [3.05, 3.63) is 66.0 Å². The number of halogens is 1. The van der Waals surface area contributed by atoms with Gasteiger partial charge >= 0.3 is 12.1 Å².